The van der Waals surface area contributed by atoms with E-state index in [1.807, 2.05) is 18.2 Å². The number of nitrogens with one attached hydrogen (secondary N) is 1. The van der Waals surface area contributed by atoms with Crippen LogP contribution in [0.1, 0.15) is 36.8 Å². The number of carbonyl (C=O) groups is 1. The second-order valence-electron chi connectivity index (χ2n) is 6.89. The summed E-state index contributed by atoms with van der Waals surface area (Å²) < 4.78 is 11.8. The van der Waals surface area contributed by atoms with Gasteiger partial charge in [0.1, 0.15) is 5.60 Å². The summed E-state index contributed by atoms with van der Waals surface area (Å²) in [7, 11) is 1.66. The highest BCUT2D eigenvalue weighted by atomic mass is 16.5. The maximum atomic E-state index is 12.2. The fourth-order valence-corrected chi connectivity index (χ4v) is 3.89. The predicted molar refractivity (Wildman–Crippen MR) is 100 cm³/mol. The number of amides is 1. The van der Waals surface area contributed by atoms with Gasteiger partial charge in [-0.3, -0.25) is 9.78 Å². The molecule has 4 rings (SSSR count). The van der Waals surface area contributed by atoms with E-state index in [0.29, 0.717) is 0 Å². The number of pyridine rings is 1. The summed E-state index contributed by atoms with van der Waals surface area (Å²) in [6, 6.07) is 7.42. The number of nitrogens with zero attached hydrogens (tertiary/aromatic N) is 1. The normalized spacial score (nSPS) is 17.3. The second-order valence-corrected chi connectivity index (χ2v) is 6.89. The van der Waals surface area contributed by atoms with Crippen LogP contribution in [0.4, 0.5) is 5.69 Å². The average Bonchev–Trinajstić information content (AvgIpc) is 3.27. The first kappa shape index (κ1) is 16.6. The first-order chi connectivity index (χ1) is 12.7. The Kier molecular flexibility index (Phi) is 4.37. The molecular weight excluding hydrogens is 328 g/mol. The van der Waals surface area contributed by atoms with Crippen LogP contribution in [-0.4, -0.2) is 23.6 Å². The van der Waals surface area contributed by atoms with Crippen LogP contribution >= 0.6 is 0 Å². The first-order valence-electron chi connectivity index (χ1n) is 8.97. The number of aromatic nitrogens is 1. The lowest BCUT2D eigenvalue weighted by molar-refractivity contribution is -0.111. The van der Waals surface area contributed by atoms with Crippen molar-refractivity contribution in [1.82, 2.24) is 4.98 Å². The minimum atomic E-state index is -0.171. The summed E-state index contributed by atoms with van der Waals surface area (Å²) in [4.78, 5) is 16.1. The molecule has 1 aromatic heterocycles. The maximum Gasteiger partial charge on any atom is 0.248 e. The van der Waals surface area contributed by atoms with Crippen LogP contribution in [0.3, 0.4) is 0 Å². The summed E-state index contributed by atoms with van der Waals surface area (Å²) in [6.45, 7) is 0. The summed E-state index contributed by atoms with van der Waals surface area (Å²) in [6.07, 6.45) is 12.2. The molecule has 0 atom stereocenters. The fourth-order valence-electron chi connectivity index (χ4n) is 3.89. The molecule has 26 heavy (non-hydrogen) atoms. The minimum Gasteiger partial charge on any atom is -0.493 e. The lowest BCUT2D eigenvalue weighted by atomic mass is 9.92. The molecule has 1 spiro atoms. The lowest BCUT2D eigenvalue weighted by Gasteiger charge is -2.22. The summed E-state index contributed by atoms with van der Waals surface area (Å²) >= 11 is 0. The van der Waals surface area contributed by atoms with E-state index in [1.54, 1.807) is 37.7 Å². The van der Waals surface area contributed by atoms with E-state index in [4.69, 9.17) is 9.47 Å². The van der Waals surface area contributed by atoms with Gasteiger partial charge in [-0.15, -0.1) is 0 Å². The molecule has 0 unspecified atom stereocenters. The van der Waals surface area contributed by atoms with E-state index >= 15 is 0 Å². The van der Waals surface area contributed by atoms with Crippen molar-refractivity contribution in [3.63, 3.8) is 0 Å². The number of hydrogen-bond acceptors (Lipinski definition) is 4. The van der Waals surface area contributed by atoms with Gasteiger partial charge in [-0.1, -0.05) is 6.07 Å². The highest BCUT2D eigenvalue weighted by molar-refractivity contribution is 6.02. The first-order valence-corrected chi connectivity index (χ1v) is 8.97. The lowest BCUT2D eigenvalue weighted by Crippen LogP contribution is -2.30. The Bertz CT molecular complexity index is 840. The van der Waals surface area contributed by atoms with Gasteiger partial charge in [0.2, 0.25) is 5.91 Å². The topological polar surface area (TPSA) is 60.5 Å². The van der Waals surface area contributed by atoms with Gasteiger partial charge in [0.15, 0.2) is 11.5 Å². The van der Waals surface area contributed by atoms with Crippen LogP contribution in [0.25, 0.3) is 6.08 Å². The molecule has 1 N–H and O–H groups in total. The zero-order valence-electron chi connectivity index (χ0n) is 14.8. The molecule has 2 aromatic rings. The number of anilines is 1. The maximum absolute atomic E-state index is 12.2. The largest absolute Gasteiger partial charge is 0.493 e. The van der Waals surface area contributed by atoms with Crippen molar-refractivity contribution in [2.24, 2.45) is 0 Å². The average molecular weight is 350 g/mol. The molecule has 2 heterocycles. The highest BCUT2D eigenvalue weighted by Gasteiger charge is 2.43. The Balaban J connectivity index is 1.56. The molecule has 134 valence electrons. The molecule has 1 saturated carbocycles. The smallest absolute Gasteiger partial charge is 0.248 e. The Hall–Kier alpha value is -2.82. The highest BCUT2D eigenvalue weighted by Crippen LogP contribution is 2.49. The third-order valence-corrected chi connectivity index (χ3v) is 5.17. The number of methoxy groups -OCH3 is 1. The molecule has 1 amide bonds. The number of hydrogen-bond donors (Lipinski definition) is 1. The van der Waals surface area contributed by atoms with E-state index in [-0.39, 0.29) is 11.5 Å². The van der Waals surface area contributed by atoms with Gasteiger partial charge in [-0.2, -0.15) is 0 Å². The number of ether oxygens (including phenoxy) is 2. The van der Waals surface area contributed by atoms with E-state index in [9.17, 15) is 4.79 Å². The number of benzene rings is 1. The molecule has 0 radical (unpaired) electrons. The zero-order chi connectivity index (χ0) is 18.0. The van der Waals surface area contributed by atoms with Crippen LogP contribution in [0.5, 0.6) is 11.5 Å². The third kappa shape index (κ3) is 3.17. The molecule has 1 aromatic carbocycles. The SMILES string of the molecule is COc1ccc(C=CC(=O)Nc2ccncc2)c2c1OC1(CCCC1)C2. The molecule has 5 nitrogen and oxygen atoms in total. The van der Waals surface area contributed by atoms with E-state index < -0.39 is 0 Å². The van der Waals surface area contributed by atoms with Crippen LogP contribution < -0.4 is 14.8 Å². The van der Waals surface area contributed by atoms with Crippen molar-refractivity contribution in [3.8, 4) is 11.5 Å². The van der Waals surface area contributed by atoms with Crippen molar-refractivity contribution >= 4 is 17.7 Å². The van der Waals surface area contributed by atoms with Gasteiger partial charge in [0.05, 0.1) is 7.11 Å². The zero-order valence-corrected chi connectivity index (χ0v) is 14.8. The minimum absolute atomic E-state index is 0.0845. The second kappa shape index (κ2) is 6.83. The van der Waals surface area contributed by atoms with E-state index in [2.05, 4.69) is 10.3 Å². The molecular formula is C21H22N2O3. The van der Waals surface area contributed by atoms with Gasteiger partial charge in [0.25, 0.3) is 0 Å². The molecule has 2 aliphatic rings. The van der Waals surface area contributed by atoms with Gasteiger partial charge in [0, 0.05) is 36.1 Å². The van der Waals surface area contributed by atoms with Gasteiger partial charge in [-0.25, -0.2) is 0 Å². The Morgan fingerprint density at radius 3 is 2.73 bits per heavy atom. The standard InChI is InChI=1S/C21H22N2O3/c1-25-18-6-4-15(5-7-19(24)23-16-8-12-22-13-9-16)17-14-21(26-20(17)18)10-2-3-11-21/h4-9,12-13H,2-3,10-11,14H2,1H3,(H,22,23,24). The van der Waals surface area contributed by atoms with Crippen molar-refractivity contribution in [2.75, 3.05) is 12.4 Å². The van der Waals surface area contributed by atoms with E-state index in [1.165, 1.54) is 12.8 Å². The molecule has 5 heteroatoms. The van der Waals surface area contributed by atoms with Crippen molar-refractivity contribution in [3.05, 3.63) is 53.9 Å². The van der Waals surface area contributed by atoms with Gasteiger partial charge < -0.3 is 14.8 Å². The van der Waals surface area contributed by atoms with Gasteiger partial charge >= 0.3 is 0 Å². The van der Waals surface area contributed by atoms with Crippen LogP contribution in [0.15, 0.2) is 42.7 Å². The Labute approximate surface area is 153 Å². The molecule has 0 bridgehead atoms. The van der Waals surface area contributed by atoms with E-state index in [0.717, 1.165) is 47.6 Å². The Morgan fingerprint density at radius 2 is 2.00 bits per heavy atom. The summed E-state index contributed by atoms with van der Waals surface area (Å²) in [5, 5.41) is 2.83. The number of carbonyl (C=O) groups excluding carboxylic acids is 1. The van der Waals surface area contributed by atoms with Crippen molar-refractivity contribution in [2.45, 2.75) is 37.7 Å². The van der Waals surface area contributed by atoms with Crippen molar-refractivity contribution < 1.29 is 14.3 Å². The third-order valence-electron chi connectivity index (χ3n) is 5.17. The van der Waals surface area contributed by atoms with Crippen LogP contribution in [-0.2, 0) is 11.2 Å². The monoisotopic (exact) mass is 350 g/mol. The fraction of sp³-hybridized carbons (Fsp3) is 0.333. The molecule has 1 fully saturated rings. The summed E-state index contributed by atoms with van der Waals surface area (Å²) in [5.74, 6) is 1.43. The van der Waals surface area contributed by atoms with Crippen molar-refractivity contribution in [1.29, 1.82) is 0 Å². The Morgan fingerprint density at radius 1 is 1.23 bits per heavy atom. The quantitative estimate of drug-likeness (QED) is 0.847. The molecule has 0 saturated heterocycles. The number of fused-ring (bicyclic) bond motifs is 1. The summed E-state index contributed by atoms with van der Waals surface area (Å²) in [5.41, 5.74) is 2.79. The molecule has 1 aliphatic carbocycles. The van der Waals surface area contributed by atoms with Crippen LogP contribution in [0.2, 0.25) is 0 Å². The van der Waals surface area contributed by atoms with Crippen LogP contribution in [0, 0.1) is 0 Å². The molecule has 1 aliphatic heterocycles. The van der Waals surface area contributed by atoms with Gasteiger partial charge in [-0.05, 0) is 55.5 Å². The predicted octanol–water partition coefficient (Wildman–Crippen LogP) is 3.99. The number of rotatable bonds is 4.